The molecule has 2 N–H and O–H groups in total. The molecule has 1 aliphatic heterocycles. The Morgan fingerprint density at radius 1 is 1.50 bits per heavy atom. The lowest BCUT2D eigenvalue weighted by molar-refractivity contribution is -0.119. The van der Waals surface area contributed by atoms with Gasteiger partial charge in [-0.05, 0) is 30.5 Å². The smallest absolute Gasteiger partial charge is 0.217 e. The van der Waals surface area contributed by atoms with Crippen molar-refractivity contribution in [2.24, 2.45) is 0 Å². The summed E-state index contributed by atoms with van der Waals surface area (Å²) in [6, 6.07) is 5.87. The Bertz CT molecular complexity index is 777. The summed E-state index contributed by atoms with van der Waals surface area (Å²) in [5.41, 5.74) is 3.14. The number of phenols is 1. The molecule has 5 nitrogen and oxygen atoms in total. The Balaban J connectivity index is 1.54. The highest BCUT2D eigenvalue weighted by molar-refractivity contribution is 5.82. The zero-order chi connectivity index (χ0) is 15.3. The maximum absolute atomic E-state index is 11.2. The number of fused-ring (bicyclic) bond motifs is 3. The van der Waals surface area contributed by atoms with Crippen molar-refractivity contribution in [2.45, 2.75) is 38.4 Å². The monoisotopic (exact) mass is 298 g/mol. The molecule has 0 radical (unpaired) electrons. The fourth-order valence-corrected chi connectivity index (χ4v) is 3.60. The fourth-order valence-electron chi connectivity index (χ4n) is 3.60. The van der Waals surface area contributed by atoms with Gasteiger partial charge in [0.2, 0.25) is 5.91 Å². The van der Waals surface area contributed by atoms with Crippen molar-refractivity contribution in [3.63, 3.8) is 0 Å². The van der Waals surface area contributed by atoms with E-state index in [0.717, 1.165) is 30.3 Å². The van der Waals surface area contributed by atoms with Gasteiger partial charge in [-0.1, -0.05) is 0 Å². The van der Waals surface area contributed by atoms with Crippen molar-refractivity contribution in [2.75, 3.05) is 0 Å². The molecule has 2 bridgehead atoms. The molecule has 2 aliphatic rings. The van der Waals surface area contributed by atoms with Crippen LogP contribution >= 0.6 is 0 Å². The Labute approximate surface area is 128 Å². The number of rotatable bonds is 3. The largest absolute Gasteiger partial charge is 0.508 e. The Hall–Kier alpha value is -2.43. The van der Waals surface area contributed by atoms with Crippen LogP contribution in [-0.2, 0) is 11.3 Å². The van der Waals surface area contributed by atoms with E-state index in [9.17, 15) is 9.90 Å². The maximum atomic E-state index is 11.2. The Morgan fingerprint density at radius 3 is 3.09 bits per heavy atom. The van der Waals surface area contributed by atoms with Crippen molar-refractivity contribution in [1.29, 1.82) is 0 Å². The van der Waals surface area contributed by atoms with Crippen molar-refractivity contribution >= 4 is 16.9 Å². The van der Waals surface area contributed by atoms with E-state index >= 15 is 0 Å². The first kappa shape index (κ1) is 13.2. The number of hydrogen-bond acceptors (Lipinski definition) is 4. The number of benzene rings is 1. The average molecular weight is 298 g/mol. The van der Waals surface area contributed by atoms with E-state index < -0.39 is 0 Å². The third-order valence-electron chi connectivity index (χ3n) is 4.60. The lowest BCUT2D eigenvalue weighted by Gasteiger charge is -2.28. The minimum atomic E-state index is 0.0330. The molecular formula is C17H18N2O3. The Morgan fingerprint density at radius 2 is 2.36 bits per heavy atom. The summed E-state index contributed by atoms with van der Waals surface area (Å²) in [4.78, 5) is 13.5. The maximum Gasteiger partial charge on any atom is 0.217 e. The number of hydrogen-bond donors (Lipinski definition) is 2. The number of furan rings is 1. The molecule has 1 fully saturated rings. The van der Waals surface area contributed by atoms with E-state index in [2.05, 4.69) is 16.4 Å². The van der Waals surface area contributed by atoms with Crippen LogP contribution in [-0.4, -0.2) is 28.0 Å². The topological polar surface area (TPSA) is 65.7 Å². The van der Waals surface area contributed by atoms with Gasteiger partial charge in [-0.25, -0.2) is 0 Å². The molecule has 2 aromatic rings. The molecule has 114 valence electrons. The zero-order valence-electron chi connectivity index (χ0n) is 12.4. The van der Waals surface area contributed by atoms with Crippen LogP contribution in [0.5, 0.6) is 5.75 Å². The molecule has 4 rings (SSSR count). The van der Waals surface area contributed by atoms with E-state index in [1.165, 1.54) is 5.57 Å². The van der Waals surface area contributed by atoms with Gasteiger partial charge < -0.3 is 19.7 Å². The minimum Gasteiger partial charge on any atom is -0.508 e. The number of aromatic hydroxyl groups is 1. The zero-order valence-corrected chi connectivity index (χ0v) is 12.4. The van der Waals surface area contributed by atoms with Gasteiger partial charge in [-0.2, -0.15) is 0 Å². The number of carbonyl (C=O) groups is 1. The van der Waals surface area contributed by atoms with Gasteiger partial charge >= 0.3 is 0 Å². The van der Waals surface area contributed by atoms with Crippen LogP contribution in [0.2, 0.25) is 0 Å². The predicted molar refractivity (Wildman–Crippen MR) is 82.1 cm³/mol. The molecule has 1 amide bonds. The lowest BCUT2D eigenvalue weighted by atomic mass is 10.1. The first-order valence-corrected chi connectivity index (χ1v) is 7.52. The van der Waals surface area contributed by atoms with Gasteiger partial charge in [-0.15, -0.1) is 0 Å². The molecule has 5 heteroatoms. The normalized spacial score (nSPS) is 23.1. The summed E-state index contributed by atoms with van der Waals surface area (Å²) in [7, 11) is 0. The third-order valence-corrected chi connectivity index (χ3v) is 4.60. The molecular weight excluding hydrogens is 280 g/mol. The number of carbonyl (C=O) groups excluding carboxylic acids is 1. The summed E-state index contributed by atoms with van der Waals surface area (Å²) in [5, 5.41) is 13.5. The molecule has 2 atom stereocenters. The summed E-state index contributed by atoms with van der Waals surface area (Å²) in [5.74, 6) is 0.250. The standard InChI is InChI=1S/C17H18N2O3/c1-10(20)18-16-5-13-4-11(16)7-19(13)8-12-9-22-17-6-14(21)2-3-15(12)17/h2-3,6-7,9,13,16,21H,4-5,8H2,1H3,(H,18,20)/t13-,16+/m1/s1. The summed E-state index contributed by atoms with van der Waals surface area (Å²) >= 11 is 0. The molecule has 2 heterocycles. The van der Waals surface area contributed by atoms with Gasteiger partial charge in [0.05, 0.1) is 12.3 Å². The van der Waals surface area contributed by atoms with Crippen LogP contribution in [0.25, 0.3) is 11.0 Å². The first-order chi connectivity index (χ1) is 10.6. The van der Waals surface area contributed by atoms with Crippen LogP contribution < -0.4 is 5.32 Å². The first-order valence-electron chi connectivity index (χ1n) is 7.52. The van der Waals surface area contributed by atoms with Crippen LogP contribution in [0.4, 0.5) is 0 Å². The van der Waals surface area contributed by atoms with E-state index in [-0.39, 0.29) is 17.7 Å². The van der Waals surface area contributed by atoms with Gasteiger partial charge in [0.1, 0.15) is 11.3 Å². The number of nitrogens with one attached hydrogen (secondary N) is 1. The SMILES string of the molecule is CC(=O)N[C@H]1C[C@H]2CC1=CN2Cc1coc2cc(O)ccc12. The summed E-state index contributed by atoms with van der Waals surface area (Å²) in [6.45, 7) is 2.36. The quantitative estimate of drug-likeness (QED) is 0.914. The third kappa shape index (κ3) is 2.13. The number of phenolic OH excluding ortho intramolecular Hbond substituents is 1. The predicted octanol–water partition coefficient (Wildman–Crippen LogP) is 2.51. The van der Waals surface area contributed by atoms with E-state index in [4.69, 9.17) is 4.42 Å². The van der Waals surface area contributed by atoms with Crippen LogP contribution in [0.1, 0.15) is 25.3 Å². The molecule has 22 heavy (non-hydrogen) atoms. The molecule has 1 aliphatic carbocycles. The van der Waals surface area contributed by atoms with Crippen molar-refractivity contribution in [3.05, 3.63) is 41.8 Å². The number of nitrogens with zero attached hydrogens (tertiary/aromatic N) is 1. The Kier molecular flexibility index (Phi) is 2.89. The van der Waals surface area contributed by atoms with Crippen LogP contribution in [0.15, 0.2) is 40.7 Å². The molecule has 1 aromatic heterocycles. The van der Waals surface area contributed by atoms with Crippen molar-refractivity contribution in [3.8, 4) is 5.75 Å². The summed E-state index contributed by atoms with van der Waals surface area (Å²) in [6.07, 6.45) is 5.94. The molecule has 1 saturated carbocycles. The highest BCUT2D eigenvalue weighted by Crippen LogP contribution is 2.38. The minimum absolute atomic E-state index is 0.0330. The van der Waals surface area contributed by atoms with E-state index in [0.29, 0.717) is 11.6 Å². The lowest BCUT2D eigenvalue weighted by Crippen LogP contribution is -2.37. The van der Waals surface area contributed by atoms with Gasteiger partial charge in [0.25, 0.3) is 0 Å². The second-order valence-corrected chi connectivity index (χ2v) is 6.16. The molecule has 1 aromatic carbocycles. The second-order valence-electron chi connectivity index (χ2n) is 6.16. The van der Waals surface area contributed by atoms with Crippen LogP contribution in [0, 0.1) is 0 Å². The van der Waals surface area contributed by atoms with E-state index in [1.807, 2.05) is 6.07 Å². The van der Waals surface area contributed by atoms with Crippen LogP contribution in [0.3, 0.4) is 0 Å². The van der Waals surface area contributed by atoms with Crippen molar-refractivity contribution in [1.82, 2.24) is 10.2 Å². The molecule has 0 saturated heterocycles. The van der Waals surface area contributed by atoms with E-state index in [1.54, 1.807) is 25.3 Å². The van der Waals surface area contributed by atoms with Gasteiger partial charge in [0, 0.05) is 42.7 Å². The molecule has 0 spiro atoms. The average Bonchev–Trinajstić information content (AvgIpc) is 3.13. The highest BCUT2D eigenvalue weighted by atomic mass is 16.3. The molecule has 0 unspecified atom stereocenters. The number of amides is 1. The fraction of sp³-hybridized carbons (Fsp3) is 0.353. The van der Waals surface area contributed by atoms with Gasteiger partial charge in [-0.3, -0.25) is 4.79 Å². The second kappa shape index (κ2) is 4.80. The van der Waals surface area contributed by atoms with Crippen molar-refractivity contribution < 1.29 is 14.3 Å². The van der Waals surface area contributed by atoms with Gasteiger partial charge in [0.15, 0.2) is 0 Å². The highest BCUT2D eigenvalue weighted by Gasteiger charge is 2.38. The summed E-state index contributed by atoms with van der Waals surface area (Å²) < 4.78 is 5.53.